The zero-order chi connectivity index (χ0) is 21.3. The minimum absolute atomic E-state index is 0.138. The molecule has 30 heavy (non-hydrogen) atoms. The first-order chi connectivity index (χ1) is 14.4. The molecule has 0 radical (unpaired) electrons. The molecule has 7 nitrogen and oxygen atoms in total. The zero-order valence-corrected chi connectivity index (χ0v) is 18.2. The van der Waals surface area contributed by atoms with Crippen LogP contribution in [0.5, 0.6) is 0 Å². The average molecular weight is 447 g/mol. The Bertz CT molecular complexity index is 1160. The predicted molar refractivity (Wildman–Crippen MR) is 117 cm³/mol. The summed E-state index contributed by atoms with van der Waals surface area (Å²) in [5.41, 5.74) is 1.55. The lowest BCUT2D eigenvalue weighted by atomic mass is 10.2. The quantitative estimate of drug-likeness (QED) is 0.645. The summed E-state index contributed by atoms with van der Waals surface area (Å²) in [5.74, 6) is -0.395. The number of amides is 1. The van der Waals surface area contributed by atoms with Crippen LogP contribution in [0.15, 0.2) is 59.9 Å². The number of hydrogen-bond acceptors (Lipinski definition) is 3. The first-order valence-corrected chi connectivity index (χ1v) is 11.6. The van der Waals surface area contributed by atoms with Crippen LogP contribution in [0.3, 0.4) is 0 Å². The normalized spacial score (nSPS) is 15.3. The second-order valence-corrected chi connectivity index (χ2v) is 9.72. The molecule has 1 aromatic carbocycles. The maximum atomic E-state index is 13.0. The fraction of sp³-hybridized carbons (Fsp3) is 0.286. The Kier molecular flexibility index (Phi) is 5.73. The Morgan fingerprint density at radius 3 is 2.47 bits per heavy atom. The number of aryl methyl sites for hydroxylation is 1. The molecule has 1 N–H and O–H groups in total. The summed E-state index contributed by atoms with van der Waals surface area (Å²) >= 11 is 6.14. The van der Waals surface area contributed by atoms with Crippen molar-refractivity contribution in [2.45, 2.75) is 24.2 Å². The molecule has 2 aromatic heterocycles. The highest BCUT2D eigenvalue weighted by molar-refractivity contribution is 7.89. The van der Waals surface area contributed by atoms with Crippen molar-refractivity contribution < 1.29 is 13.2 Å². The molecule has 3 aromatic rings. The molecule has 0 atom stereocenters. The Balaban J connectivity index is 1.61. The number of aromatic nitrogens is 2. The first kappa shape index (κ1) is 20.7. The molecule has 9 heteroatoms. The van der Waals surface area contributed by atoms with E-state index in [1.165, 1.54) is 21.1 Å². The van der Waals surface area contributed by atoms with Crippen LogP contribution in [0, 0.1) is 0 Å². The molecule has 4 rings (SSSR count). The highest BCUT2D eigenvalue weighted by atomic mass is 35.5. The summed E-state index contributed by atoms with van der Waals surface area (Å²) in [6.45, 7) is 1.04. The first-order valence-electron chi connectivity index (χ1n) is 9.77. The lowest BCUT2D eigenvalue weighted by molar-refractivity contribution is 0.101. The van der Waals surface area contributed by atoms with Crippen molar-refractivity contribution in [3.63, 3.8) is 0 Å². The number of carbonyl (C=O) groups is 1. The average Bonchev–Trinajstić information content (AvgIpc) is 3.40. The molecule has 3 heterocycles. The van der Waals surface area contributed by atoms with Crippen LogP contribution in [0.1, 0.15) is 29.8 Å². The number of piperidine rings is 1. The van der Waals surface area contributed by atoms with Gasteiger partial charge in [-0.15, -0.1) is 0 Å². The van der Waals surface area contributed by atoms with Crippen LogP contribution in [0.2, 0.25) is 5.02 Å². The summed E-state index contributed by atoms with van der Waals surface area (Å²) in [6, 6.07) is 10.4. The van der Waals surface area contributed by atoms with Gasteiger partial charge in [0, 0.05) is 43.8 Å². The number of nitrogens with one attached hydrogen (secondary N) is 1. The summed E-state index contributed by atoms with van der Waals surface area (Å²) in [5, 5.41) is 3.43. The number of anilines is 1. The van der Waals surface area contributed by atoms with Crippen molar-refractivity contribution in [1.82, 2.24) is 13.4 Å². The molecular formula is C21H23ClN4O3S. The van der Waals surface area contributed by atoms with Gasteiger partial charge in [-0.3, -0.25) is 4.79 Å². The largest absolute Gasteiger partial charge is 0.345 e. The zero-order valence-electron chi connectivity index (χ0n) is 16.6. The number of nitrogens with zero attached hydrogens (tertiary/aromatic N) is 3. The second kappa shape index (κ2) is 8.29. The maximum Gasteiger partial charge on any atom is 0.272 e. The van der Waals surface area contributed by atoms with Gasteiger partial charge >= 0.3 is 0 Å². The van der Waals surface area contributed by atoms with Crippen molar-refractivity contribution in [2.75, 3.05) is 18.4 Å². The second-order valence-electron chi connectivity index (χ2n) is 7.34. The lowest BCUT2D eigenvalue weighted by Gasteiger charge is -2.25. The smallest absolute Gasteiger partial charge is 0.272 e. The van der Waals surface area contributed by atoms with Crippen LogP contribution in [0.25, 0.3) is 5.69 Å². The van der Waals surface area contributed by atoms with Crippen molar-refractivity contribution in [2.24, 2.45) is 7.05 Å². The van der Waals surface area contributed by atoms with E-state index in [1.54, 1.807) is 25.2 Å². The van der Waals surface area contributed by atoms with Gasteiger partial charge in [0.1, 0.15) is 10.6 Å². The standard InChI is InChI=1S/C21H23ClN4O3S/c1-24-15-17(30(28,29)26-11-3-2-4-12-26)14-20(24)21(27)23-18-8-7-16(22)13-19(18)25-9-5-6-10-25/h5-10,13-15H,2-4,11-12H2,1H3,(H,23,27). The van der Waals surface area contributed by atoms with Crippen LogP contribution >= 0.6 is 11.6 Å². The minimum atomic E-state index is -3.61. The number of carbonyl (C=O) groups excluding carboxylic acids is 1. The molecule has 0 unspecified atom stereocenters. The number of rotatable bonds is 5. The third kappa shape index (κ3) is 4.03. The maximum absolute atomic E-state index is 13.0. The van der Waals surface area contributed by atoms with Gasteiger partial charge in [-0.2, -0.15) is 4.31 Å². The summed E-state index contributed by atoms with van der Waals surface area (Å²) in [6.07, 6.45) is 7.96. The van der Waals surface area contributed by atoms with Gasteiger partial charge < -0.3 is 14.5 Å². The van der Waals surface area contributed by atoms with Crippen molar-refractivity contribution in [3.05, 3.63) is 65.7 Å². The van der Waals surface area contributed by atoms with Crippen molar-refractivity contribution >= 4 is 33.2 Å². The van der Waals surface area contributed by atoms with Gasteiger partial charge in [0.25, 0.3) is 5.91 Å². The SMILES string of the molecule is Cn1cc(S(=O)(=O)N2CCCCC2)cc1C(=O)Nc1ccc(Cl)cc1-n1cccc1. The third-order valence-electron chi connectivity index (χ3n) is 5.26. The summed E-state index contributed by atoms with van der Waals surface area (Å²) in [4.78, 5) is 13.1. The predicted octanol–water partition coefficient (Wildman–Crippen LogP) is 3.90. The Morgan fingerprint density at radius 2 is 1.77 bits per heavy atom. The van der Waals surface area contributed by atoms with E-state index in [2.05, 4.69) is 5.32 Å². The van der Waals surface area contributed by atoms with Gasteiger partial charge in [0.05, 0.1) is 11.4 Å². The molecule has 158 valence electrons. The van der Waals surface area contributed by atoms with Crippen LogP contribution in [-0.4, -0.2) is 40.9 Å². The number of hydrogen-bond donors (Lipinski definition) is 1. The third-order valence-corrected chi connectivity index (χ3v) is 7.35. The fourth-order valence-electron chi connectivity index (χ4n) is 3.66. The van der Waals surface area contributed by atoms with Crippen LogP contribution in [0.4, 0.5) is 5.69 Å². The molecule has 1 aliphatic rings. The molecule has 1 saturated heterocycles. The van der Waals surface area contributed by atoms with E-state index in [9.17, 15) is 13.2 Å². The highest BCUT2D eigenvalue weighted by Gasteiger charge is 2.28. The van der Waals surface area contributed by atoms with Gasteiger partial charge in [-0.1, -0.05) is 18.0 Å². The van der Waals surface area contributed by atoms with Crippen molar-refractivity contribution in [1.29, 1.82) is 0 Å². The van der Waals surface area contributed by atoms with E-state index in [-0.39, 0.29) is 10.6 Å². The monoisotopic (exact) mass is 446 g/mol. The molecule has 0 spiro atoms. The molecule has 0 aliphatic carbocycles. The van der Waals surface area contributed by atoms with E-state index in [0.29, 0.717) is 23.8 Å². The molecule has 1 fully saturated rings. The van der Waals surface area contributed by atoms with Gasteiger partial charge in [0.15, 0.2) is 0 Å². The fourth-order valence-corrected chi connectivity index (χ4v) is 5.42. The number of benzene rings is 1. The van der Waals surface area contributed by atoms with Gasteiger partial charge in [0.2, 0.25) is 10.0 Å². The van der Waals surface area contributed by atoms with Crippen molar-refractivity contribution in [3.8, 4) is 5.69 Å². The van der Waals surface area contributed by atoms with E-state index in [1.807, 2.05) is 29.1 Å². The summed E-state index contributed by atoms with van der Waals surface area (Å²) in [7, 11) is -1.94. The van der Waals surface area contributed by atoms with Gasteiger partial charge in [-0.05, 0) is 49.2 Å². The Labute approximate surface area is 180 Å². The highest BCUT2D eigenvalue weighted by Crippen LogP contribution is 2.26. The molecule has 0 bridgehead atoms. The van der Waals surface area contributed by atoms with E-state index < -0.39 is 15.9 Å². The lowest BCUT2D eigenvalue weighted by Crippen LogP contribution is -2.35. The number of halogens is 1. The van der Waals surface area contributed by atoms with E-state index in [0.717, 1.165) is 24.9 Å². The molecule has 0 saturated carbocycles. The Morgan fingerprint density at radius 1 is 1.07 bits per heavy atom. The van der Waals surface area contributed by atoms with Gasteiger partial charge in [-0.25, -0.2) is 8.42 Å². The number of sulfonamides is 1. The minimum Gasteiger partial charge on any atom is -0.345 e. The van der Waals surface area contributed by atoms with E-state index >= 15 is 0 Å². The molecule has 1 aliphatic heterocycles. The molecule has 1 amide bonds. The molecular weight excluding hydrogens is 424 g/mol. The topological polar surface area (TPSA) is 76.3 Å². The van der Waals surface area contributed by atoms with Crippen LogP contribution < -0.4 is 5.32 Å². The van der Waals surface area contributed by atoms with Crippen LogP contribution in [-0.2, 0) is 17.1 Å². The van der Waals surface area contributed by atoms with E-state index in [4.69, 9.17) is 11.6 Å². The Hall–Kier alpha value is -2.55. The summed E-state index contributed by atoms with van der Waals surface area (Å²) < 4.78 is 30.8.